The molecule has 0 bridgehead atoms. The van der Waals surface area contributed by atoms with Crippen LogP contribution in [0.1, 0.15) is 30.0 Å². The molecule has 0 saturated carbocycles. The van der Waals surface area contributed by atoms with Crippen LogP contribution in [0.2, 0.25) is 0 Å². The quantitative estimate of drug-likeness (QED) is 0.794. The minimum Gasteiger partial charge on any atom is -0.342 e. The number of aromatic amines is 1. The van der Waals surface area contributed by atoms with Crippen LogP contribution in [0.4, 0.5) is 0 Å². The number of aromatic nitrogens is 5. The third-order valence-corrected chi connectivity index (χ3v) is 4.77. The highest BCUT2D eigenvalue weighted by Gasteiger charge is 2.28. The van der Waals surface area contributed by atoms with Crippen molar-refractivity contribution in [1.82, 2.24) is 30.1 Å². The molecule has 1 fully saturated rings. The molecule has 0 spiro atoms. The summed E-state index contributed by atoms with van der Waals surface area (Å²) in [5, 5.41) is 15.4. The summed E-state index contributed by atoms with van der Waals surface area (Å²) in [4.78, 5) is 14.5. The van der Waals surface area contributed by atoms with E-state index in [9.17, 15) is 4.79 Å². The van der Waals surface area contributed by atoms with E-state index in [1.807, 2.05) is 35.4 Å². The van der Waals surface area contributed by atoms with Crippen molar-refractivity contribution in [2.24, 2.45) is 0 Å². The highest BCUT2D eigenvalue weighted by atomic mass is 16.2. The summed E-state index contributed by atoms with van der Waals surface area (Å²) in [5.41, 5.74) is 4.16. The highest BCUT2D eigenvalue weighted by Crippen LogP contribution is 2.28. The lowest BCUT2D eigenvalue weighted by Gasteiger charge is -2.16. The number of amides is 1. The summed E-state index contributed by atoms with van der Waals surface area (Å²) in [5.74, 6) is 0.540. The largest absolute Gasteiger partial charge is 0.342 e. The number of para-hydroxylation sites is 1. The average Bonchev–Trinajstić information content (AvgIpc) is 3.31. The molecule has 3 heterocycles. The second-order valence-electron chi connectivity index (χ2n) is 6.34. The van der Waals surface area contributed by atoms with Gasteiger partial charge in [0.2, 0.25) is 5.91 Å². The first-order valence-corrected chi connectivity index (χ1v) is 8.28. The lowest BCUT2D eigenvalue weighted by molar-refractivity contribution is -0.130. The monoisotopic (exact) mass is 324 g/mol. The van der Waals surface area contributed by atoms with Gasteiger partial charge in [0.25, 0.3) is 0 Å². The number of fused-ring (bicyclic) bond motifs is 1. The Morgan fingerprint density at radius 1 is 1.38 bits per heavy atom. The standard InChI is InChI=1S/C17H20N6O/c1-12-10-18-20-17(12)13-6-8-22(11-13)16(24)7-9-23-15-5-3-2-4-14(15)19-21-23/h2-5,10,13H,6-9,11H2,1H3,(H,18,20)/t13-/m0/s1. The van der Waals surface area contributed by atoms with Crippen LogP contribution >= 0.6 is 0 Å². The first-order valence-electron chi connectivity index (χ1n) is 8.28. The molecule has 1 saturated heterocycles. The lowest BCUT2D eigenvalue weighted by atomic mass is 10.0. The van der Waals surface area contributed by atoms with E-state index in [1.54, 1.807) is 4.68 Å². The predicted molar refractivity (Wildman–Crippen MR) is 89.4 cm³/mol. The van der Waals surface area contributed by atoms with Gasteiger partial charge >= 0.3 is 0 Å². The Labute approximate surface area is 139 Å². The molecule has 7 heteroatoms. The van der Waals surface area contributed by atoms with Gasteiger partial charge in [-0.15, -0.1) is 5.10 Å². The molecule has 0 radical (unpaired) electrons. The number of nitrogens with zero attached hydrogens (tertiary/aromatic N) is 5. The maximum atomic E-state index is 12.5. The third kappa shape index (κ3) is 2.66. The predicted octanol–water partition coefficient (Wildman–Crippen LogP) is 1.87. The summed E-state index contributed by atoms with van der Waals surface area (Å²) >= 11 is 0. The molecule has 4 rings (SSSR count). The molecular formula is C17H20N6O. The normalized spacial score (nSPS) is 17.7. The second kappa shape index (κ2) is 6.07. The van der Waals surface area contributed by atoms with Gasteiger partial charge in [-0.2, -0.15) is 5.10 Å². The Balaban J connectivity index is 1.38. The summed E-state index contributed by atoms with van der Waals surface area (Å²) in [6.45, 7) is 4.18. The smallest absolute Gasteiger partial charge is 0.224 e. The molecule has 1 amide bonds. The number of hydrogen-bond acceptors (Lipinski definition) is 4. The Morgan fingerprint density at radius 3 is 3.08 bits per heavy atom. The number of hydrogen-bond donors (Lipinski definition) is 1. The number of rotatable bonds is 4. The molecule has 1 aromatic carbocycles. The van der Waals surface area contributed by atoms with Crippen molar-refractivity contribution in [2.45, 2.75) is 32.2 Å². The zero-order valence-electron chi connectivity index (χ0n) is 13.6. The van der Waals surface area contributed by atoms with E-state index in [1.165, 1.54) is 5.56 Å². The number of benzene rings is 1. The van der Waals surface area contributed by atoms with E-state index in [2.05, 4.69) is 27.4 Å². The molecule has 1 aliphatic heterocycles. The van der Waals surface area contributed by atoms with Gasteiger partial charge in [0, 0.05) is 31.1 Å². The van der Waals surface area contributed by atoms with Crippen LogP contribution in [0.15, 0.2) is 30.5 Å². The first-order chi connectivity index (χ1) is 11.7. The molecular weight excluding hydrogens is 304 g/mol. The molecule has 24 heavy (non-hydrogen) atoms. The van der Waals surface area contributed by atoms with Crippen LogP contribution in [0.25, 0.3) is 11.0 Å². The zero-order chi connectivity index (χ0) is 16.5. The van der Waals surface area contributed by atoms with E-state index < -0.39 is 0 Å². The molecule has 1 atom stereocenters. The van der Waals surface area contributed by atoms with Crippen molar-refractivity contribution >= 4 is 16.9 Å². The molecule has 0 aliphatic carbocycles. The number of aryl methyl sites for hydroxylation is 2. The van der Waals surface area contributed by atoms with Gasteiger partial charge in [0.15, 0.2) is 0 Å². The zero-order valence-corrected chi connectivity index (χ0v) is 13.6. The van der Waals surface area contributed by atoms with Gasteiger partial charge in [-0.1, -0.05) is 17.3 Å². The highest BCUT2D eigenvalue weighted by molar-refractivity contribution is 5.77. The molecule has 124 valence electrons. The summed E-state index contributed by atoms with van der Waals surface area (Å²) < 4.78 is 1.81. The number of carbonyl (C=O) groups is 1. The van der Waals surface area contributed by atoms with Gasteiger partial charge in [-0.05, 0) is 31.0 Å². The van der Waals surface area contributed by atoms with Gasteiger partial charge in [-0.3, -0.25) is 9.89 Å². The fraction of sp³-hybridized carbons (Fsp3) is 0.412. The maximum Gasteiger partial charge on any atom is 0.224 e. The Bertz CT molecular complexity index is 867. The fourth-order valence-corrected chi connectivity index (χ4v) is 3.43. The SMILES string of the molecule is Cc1cn[nH]c1[C@H]1CCN(C(=O)CCn2nnc3ccccc32)C1. The maximum absolute atomic E-state index is 12.5. The Morgan fingerprint density at radius 2 is 2.25 bits per heavy atom. The second-order valence-corrected chi connectivity index (χ2v) is 6.34. The van der Waals surface area contributed by atoms with Gasteiger partial charge < -0.3 is 4.90 Å². The molecule has 0 unspecified atom stereocenters. The van der Waals surface area contributed by atoms with Crippen molar-refractivity contribution in [1.29, 1.82) is 0 Å². The number of H-pyrrole nitrogens is 1. The lowest BCUT2D eigenvalue weighted by Crippen LogP contribution is -2.29. The number of likely N-dealkylation sites (tertiary alicyclic amines) is 1. The average molecular weight is 324 g/mol. The van der Waals surface area contributed by atoms with Crippen molar-refractivity contribution < 1.29 is 4.79 Å². The summed E-state index contributed by atoms with van der Waals surface area (Å²) in [6, 6.07) is 7.81. The van der Waals surface area contributed by atoms with Crippen LogP contribution in [0.5, 0.6) is 0 Å². The minimum absolute atomic E-state index is 0.175. The van der Waals surface area contributed by atoms with Gasteiger partial charge in [-0.25, -0.2) is 4.68 Å². The van der Waals surface area contributed by atoms with E-state index in [4.69, 9.17) is 0 Å². The van der Waals surface area contributed by atoms with Crippen molar-refractivity contribution in [3.8, 4) is 0 Å². The van der Waals surface area contributed by atoms with Crippen LogP contribution in [0, 0.1) is 6.92 Å². The van der Waals surface area contributed by atoms with Crippen molar-refractivity contribution in [3.63, 3.8) is 0 Å². The summed E-state index contributed by atoms with van der Waals surface area (Å²) in [7, 11) is 0. The Hall–Kier alpha value is -2.70. The molecule has 7 nitrogen and oxygen atoms in total. The van der Waals surface area contributed by atoms with E-state index in [-0.39, 0.29) is 5.91 Å². The van der Waals surface area contributed by atoms with Crippen molar-refractivity contribution in [3.05, 3.63) is 41.7 Å². The van der Waals surface area contributed by atoms with Crippen LogP contribution in [-0.4, -0.2) is 49.1 Å². The van der Waals surface area contributed by atoms with Crippen LogP contribution in [0.3, 0.4) is 0 Å². The minimum atomic E-state index is 0.175. The molecule has 1 aliphatic rings. The summed E-state index contributed by atoms with van der Waals surface area (Å²) in [6.07, 6.45) is 3.28. The molecule has 3 aromatic rings. The first kappa shape index (κ1) is 14.9. The van der Waals surface area contributed by atoms with Crippen LogP contribution < -0.4 is 0 Å². The van der Waals surface area contributed by atoms with Crippen LogP contribution in [-0.2, 0) is 11.3 Å². The number of nitrogens with one attached hydrogen (secondary N) is 1. The van der Waals surface area contributed by atoms with Gasteiger partial charge in [0.05, 0.1) is 18.3 Å². The Kier molecular flexibility index (Phi) is 3.76. The third-order valence-electron chi connectivity index (χ3n) is 4.77. The number of carbonyl (C=O) groups excluding carboxylic acids is 1. The molecule has 1 N–H and O–H groups in total. The van der Waals surface area contributed by atoms with E-state index in [0.29, 0.717) is 18.9 Å². The fourth-order valence-electron chi connectivity index (χ4n) is 3.43. The topological polar surface area (TPSA) is 79.7 Å². The molecule has 2 aromatic heterocycles. The van der Waals surface area contributed by atoms with Crippen molar-refractivity contribution in [2.75, 3.05) is 13.1 Å². The van der Waals surface area contributed by atoms with E-state index >= 15 is 0 Å². The van der Waals surface area contributed by atoms with Gasteiger partial charge in [0.1, 0.15) is 5.52 Å². The van der Waals surface area contributed by atoms with E-state index in [0.717, 1.165) is 36.2 Å².